The number of aryl methyl sites for hydroxylation is 1. The predicted molar refractivity (Wildman–Crippen MR) is 94.2 cm³/mol. The molecule has 0 aliphatic heterocycles. The quantitative estimate of drug-likeness (QED) is 0.708. The highest BCUT2D eigenvalue weighted by atomic mass is 79.9. The first-order chi connectivity index (χ1) is 10.0. The van der Waals surface area contributed by atoms with Crippen LogP contribution in [0, 0.1) is 6.92 Å². The van der Waals surface area contributed by atoms with Crippen LogP contribution in [0.2, 0.25) is 0 Å². The summed E-state index contributed by atoms with van der Waals surface area (Å²) in [6.45, 7) is 2.00. The SMILES string of the molecule is Cc1ccc(NC(=O)N/C=C/c2cccc(Br)c2)c(Br)c1. The van der Waals surface area contributed by atoms with Gasteiger partial charge in [0.15, 0.2) is 0 Å². The summed E-state index contributed by atoms with van der Waals surface area (Å²) >= 11 is 6.82. The highest BCUT2D eigenvalue weighted by Crippen LogP contribution is 2.23. The van der Waals surface area contributed by atoms with Crippen LogP contribution in [0.15, 0.2) is 57.6 Å². The van der Waals surface area contributed by atoms with Crippen LogP contribution < -0.4 is 10.6 Å². The second kappa shape index (κ2) is 7.43. The zero-order valence-corrected chi connectivity index (χ0v) is 14.5. The van der Waals surface area contributed by atoms with Gasteiger partial charge in [-0.05, 0) is 64.3 Å². The molecule has 0 fully saturated rings. The predicted octanol–water partition coefficient (Wildman–Crippen LogP) is 5.31. The lowest BCUT2D eigenvalue weighted by atomic mass is 10.2. The van der Waals surface area contributed by atoms with Crippen molar-refractivity contribution < 1.29 is 4.79 Å². The topological polar surface area (TPSA) is 41.1 Å². The van der Waals surface area contributed by atoms with Crippen LogP contribution in [0.5, 0.6) is 0 Å². The number of hydrogen-bond acceptors (Lipinski definition) is 1. The van der Waals surface area contributed by atoms with Crippen molar-refractivity contribution >= 4 is 49.7 Å². The van der Waals surface area contributed by atoms with Crippen LogP contribution >= 0.6 is 31.9 Å². The molecular formula is C16H14Br2N2O. The van der Waals surface area contributed by atoms with Crippen LogP contribution in [0.3, 0.4) is 0 Å². The molecule has 0 saturated heterocycles. The standard InChI is InChI=1S/C16H14Br2N2O/c1-11-5-6-15(14(18)9-11)20-16(21)19-8-7-12-3-2-4-13(17)10-12/h2-10H,1H3,(H2,19,20,21)/b8-7+. The van der Waals surface area contributed by atoms with E-state index in [4.69, 9.17) is 0 Å². The van der Waals surface area contributed by atoms with E-state index >= 15 is 0 Å². The highest BCUT2D eigenvalue weighted by molar-refractivity contribution is 9.10. The maximum absolute atomic E-state index is 11.8. The summed E-state index contributed by atoms with van der Waals surface area (Å²) in [5.41, 5.74) is 2.86. The van der Waals surface area contributed by atoms with Crippen LogP contribution in [-0.2, 0) is 0 Å². The number of nitrogens with one attached hydrogen (secondary N) is 2. The van der Waals surface area contributed by atoms with Gasteiger partial charge in [0.25, 0.3) is 0 Å². The zero-order valence-electron chi connectivity index (χ0n) is 11.4. The van der Waals surface area contributed by atoms with Gasteiger partial charge < -0.3 is 10.6 Å². The third-order valence-electron chi connectivity index (χ3n) is 2.71. The van der Waals surface area contributed by atoms with E-state index < -0.39 is 0 Å². The number of carbonyl (C=O) groups is 1. The van der Waals surface area contributed by atoms with Gasteiger partial charge in [0, 0.05) is 15.1 Å². The Bertz CT molecular complexity index is 684. The van der Waals surface area contributed by atoms with E-state index in [0.29, 0.717) is 0 Å². The maximum atomic E-state index is 11.8. The smallest absolute Gasteiger partial charge is 0.314 e. The molecule has 3 nitrogen and oxygen atoms in total. The number of anilines is 1. The number of halogens is 2. The van der Waals surface area contributed by atoms with Crippen molar-refractivity contribution in [2.24, 2.45) is 0 Å². The lowest BCUT2D eigenvalue weighted by molar-refractivity contribution is 0.255. The summed E-state index contributed by atoms with van der Waals surface area (Å²) in [6.07, 6.45) is 3.44. The summed E-state index contributed by atoms with van der Waals surface area (Å²) in [5, 5.41) is 5.45. The molecule has 0 radical (unpaired) electrons. The molecule has 0 bridgehead atoms. The Morgan fingerprint density at radius 3 is 2.67 bits per heavy atom. The molecule has 2 aromatic carbocycles. The minimum Gasteiger partial charge on any atom is -0.314 e. The molecule has 5 heteroatoms. The Morgan fingerprint density at radius 2 is 1.95 bits per heavy atom. The molecule has 0 aliphatic carbocycles. The molecule has 2 aromatic rings. The Labute approximate surface area is 140 Å². The second-order valence-electron chi connectivity index (χ2n) is 4.47. The zero-order chi connectivity index (χ0) is 15.2. The third-order valence-corrected chi connectivity index (χ3v) is 3.86. The molecule has 0 spiro atoms. The lowest BCUT2D eigenvalue weighted by Gasteiger charge is -2.07. The van der Waals surface area contributed by atoms with Gasteiger partial charge in [-0.1, -0.05) is 34.1 Å². The number of urea groups is 1. The Kier molecular flexibility index (Phi) is 5.59. The van der Waals surface area contributed by atoms with Crippen LogP contribution in [0.4, 0.5) is 10.5 Å². The summed E-state index contributed by atoms with van der Waals surface area (Å²) in [4.78, 5) is 11.8. The molecule has 0 saturated carbocycles. The van der Waals surface area contributed by atoms with Crippen molar-refractivity contribution in [3.63, 3.8) is 0 Å². The number of rotatable bonds is 3. The van der Waals surface area contributed by atoms with Gasteiger partial charge in [0.1, 0.15) is 0 Å². The van der Waals surface area contributed by atoms with Crippen LogP contribution in [0.25, 0.3) is 6.08 Å². The fourth-order valence-corrected chi connectivity index (χ4v) is 2.71. The largest absolute Gasteiger partial charge is 0.323 e. The first-order valence-electron chi connectivity index (χ1n) is 6.30. The van der Waals surface area contributed by atoms with Crippen molar-refractivity contribution in [2.75, 3.05) is 5.32 Å². The summed E-state index contributed by atoms with van der Waals surface area (Å²) in [5.74, 6) is 0. The molecule has 0 atom stereocenters. The highest BCUT2D eigenvalue weighted by Gasteiger charge is 2.03. The molecule has 2 N–H and O–H groups in total. The van der Waals surface area contributed by atoms with Gasteiger partial charge in [0.2, 0.25) is 0 Å². The van der Waals surface area contributed by atoms with Crippen LogP contribution in [-0.4, -0.2) is 6.03 Å². The Balaban J connectivity index is 1.93. The number of benzene rings is 2. The van der Waals surface area contributed by atoms with E-state index in [-0.39, 0.29) is 6.03 Å². The summed E-state index contributed by atoms with van der Waals surface area (Å²) < 4.78 is 1.85. The van der Waals surface area contributed by atoms with E-state index in [1.54, 1.807) is 6.20 Å². The number of carbonyl (C=O) groups excluding carboxylic acids is 1. The minimum atomic E-state index is -0.286. The maximum Gasteiger partial charge on any atom is 0.323 e. The minimum absolute atomic E-state index is 0.286. The fraction of sp³-hybridized carbons (Fsp3) is 0.0625. The summed E-state index contributed by atoms with van der Waals surface area (Å²) in [7, 11) is 0. The van der Waals surface area contributed by atoms with Gasteiger partial charge >= 0.3 is 6.03 Å². The lowest BCUT2D eigenvalue weighted by Crippen LogP contribution is -2.23. The van der Waals surface area contributed by atoms with E-state index in [1.807, 2.05) is 55.5 Å². The van der Waals surface area contributed by atoms with Crippen molar-refractivity contribution in [1.82, 2.24) is 5.32 Å². The molecule has 2 rings (SSSR count). The molecule has 0 aromatic heterocycles. The number of hydrogen-bond donors (Lipinski definition) is 2. The van der Waals surface area contributed by atoms with Gasteiger partial charge in [-0.3, -0.25) is 0 Å². The fourth-order valence-electron chi connectivity index (χ4n) is 1.70. The average Bonchev–Trinajstić information content (AvgIpc) is 2.42. The molecule has 108 valence electrons. The Hall–Kier alpha value is -1.59. The first-order valence-corrected chi connectivity index (χ1v) is 7.89. The van der Waals surface area contributed by atoms with Gasteiger partial charge in [-0.15, -0.1) is 0 Å². The van der Waals surface area contributed by atoms with Crippen molar-refractivity contribution in [3.8, 4) is 0 Å². The van der Waals surface area contributed by atoms with Gasteiger partial charge in [0.05, 0.1) is 5.69 Å². The normalized spacial score (nSPS) is 10.6. The average molecular weight is 410 g/mol. The van der Waals surface area contributed by atoms with E-state index in [0.717, 1.165) is 25.8 Å². The molecule has 0 aliphatic rings. The number of amides is 2. The van der Waals surface area contributed by atoms with Crippen LogP contribution in [0.1, 0.15) is 11.1 Å². The second-order valence-corrected chi connectivity index (χ2v) is 6.24. The van der Waals surface area contributed by atoms with Gasteiger partial charge in [-0.25, -0.2) is 4.79 Å². The van der Waals surface area contributed by atoms with Gasteiger partial charge in [-0.2, -0.15) is 0 Å². The molecule has 0 heterocycles. The van der Waals surface area contributed by atoms with Crippen molar-refractivity contribution in [1.29, 1.82) is 0 Å². The van der Waals surface area contributed by atoms with E-state index in [1.165, 1.54) is 0 Å². The third kappa shape index (κ3) is 5.02. The molecular weight excluding hydrogens is 396 g/mol. The van der Waals surface area contributed by atoms with Crippen molar-refractivity contribution in [2.45, 2.75) is 6.92 Å². The molecule has 21 heavy (non-hydrogen) atoms. The first kappa shape index (κ1) is 15.8. The van der Waals surface area contributed by atoms with E-state index in [9.17, 15) is 4.79 Å². The molecule has 2 amide bonds. The van der Waals surface area contributed by atoms with E-state index in [2.05, 4.69) is 42.5 Å². The monoisotopic (exact) mass is 408 g/mol. The van der Waals surface area contributed by atoms with Crippen molar-refractivity contribution in [3.05, 3.63) is 68.7 Å². The molecule has 0 unspecified atom stereocenters. The Morgan fingerprint density at radius 1 is 1.14 bits per heavy atom. The summed E-state index contributed by atoms with van der Waals surface area (Å²) in [6, 6.07) is 13.3.